The largest absolute Gasteiger partial charge is 0.465 e. The minimum absolute atomic E-state index is 0.127. The van der Waals surface area contributed by atoms with Crippen LogP contribution in [0.3, 0.4) is 0 Å². The van der Waals surface area contributed by atoms with Gasteiger partial charge in [-0.2, -0.15) is 0 Å². The van der Waals surface area contributed by atoms with Crippen molar-refractivity contribution in [2.75, 3.05) is 7.11 Å². The second-order valence-corrected chi connectivity index (χ2v) is 3.66. The van der Waals surface area contributed by atoms with E-state index in [4.69, 9.17) is 0 Å². The van der Waals surface area contributed by atoms with Gasteiger partial charge in [0.05, 0.1) is 12.7 Å². The number of nitrogens with zero attached hydrogens (tertiary/aromatic N) is 1. The van der Waals surface area contributed by atoms with Crippen LogP contribution in [0.1, 0.15) is 33.7 Å². The maximum absolute atomic E-state index is 12.7. The van der Waals surface area contributed by atoms with Gasteiger partial charge >= 0.3 is 5.97 Å². The number of pyridine rings is 1. The number of halogens is 3. The van der Waals surface area contributed by atoms with E-state index in [1.54, 1.807) is 6.92 Å². The summed E-state index contributed by atoms with van der Waals surface area (Å²) in [5.41, 5.74) is 0.285. The molecule has 0 amide bonds. The zero-order valence-electron chi connectivity index (χ0n) is 8.76. The number of hydrogen-bond donors (Lipinski definition) is 0. The van der Waals surface area contributed by atoms with Gasteiger partial charge in [0.1, 0.15) is 5.69 Å². The van der Waals surface area contributed by atoms with Gasteiger partial charge in [0, 0.05) is 16.6 Å². The third-order valence-electron chi connectivity index (χ3n) is 2.03. The van der Waals surface area contributed by atoms with E-state index in [2.05, 4.69) is 25.7 Å². The van der Waals surface area contributed by atoms with Gasteiger partial charge in [-0.05, 0) is 13.0 Å². The Labute approximate surface area is 99.9 Å². The third-order valence-corrected chi connectivity index (χ3v) is 2.59. The highest BCUT2D eigenvalue weighted by atomic mass is 79.9. The second-order valence-electron chi connectivity index (χ2n) is 3.10. The zero-order chi connectivity index (χ0) is 12.3. The van der Waals surface area contributed by atoms with Crippen molar-refractivity contribution in [3.8, 4) is 0 Å². The van der Waals surface area contributed by atoms with Crippen molar-refractivity contribution >= 4 is 21.9 Å². The Morgan fingerprint density at radius 1 is 1.62 bits per heavy atom. The molecule has 1 aromatic heterocycles. The summed E-state index contributed by atoms with van der Waals surface area (Å²) >= 11 is 3.07. The first-order valence-electron chi connectivity index (χ1n) is 4.44. The monoisotopic (exact) mass is 293 g/mol. The number of hydrogen-bond acceptors (Lipinski definition) is 3. The molecule has 0 aromatic carbocycles. The van der Waals surface area contributed by atoms with Crippen LogP contribution in [0.25, 0.3) is 0 Å². The molecular weight excluding hydrogens is 284 g/mol. The van der Waals surface area contributed by atoms with E-state index in [1.165, 1.54) is 13.2 Å². The summed E-state index contributed by atoms with van der Waals surface area (Å²) in [7, 11) is 1.21. The van der Waals surface area contributed by atoms with Crippen molar-refractivity contribution in [3.05, 3.63) is 28.6 Å². The Bertz CT molecular complexity index is 410. The summed E-state index contributed by atoms with van der Waals surface area (Å²) in [6, 6.07) is 1.44. The molecule has 88 valence electrons. The van der Waals surface area contributed by atoms with Crippen LogP contribution >= 0.6 is 15.9 Å². The summed E-state index contributed by atoms with van der Waals surface area (Å²) < 4.78 is 29.9. The van der Waals surface area contributed by atoms with E-state index in [1.807, 2.05) is 0 Å². The van der Waals surface area contributed by atoms with Crippen LogP contribution in [-0.2, 0) is 10.1 Å². The first-order chi connectivity index (χ1) is 7.51. The molecular formula is C10H10BrF2NO2. The average molecular weight is 294 g/mol. The van der Waals surface area contributed by atoms with Gasteiger partial charge in [0.15, 0.2) is 0 Å². The molecule has 1 heterocycles. The lowest BCUT2D eigenvalue weighted by Gasteiger charge is -2.11. The molecule has 6 heteroatoms. The van der Waals surface area contributed by atoms with Gasteiger partial charge in [-0.3, -0.25) is 4.98 Å². The number of alkyl halides is 3. The van der Waals surface area contributed by atoms with Crippen molar-refractivity contribution in [3.63, 3.8) is 0 Å². The van der Waals surface area contributed by atoms with Gasteiger partial charge in [-0.15, -0.1) is 0 Å². The molecule has 0 saturated heterocycles. The van der Waals surface area contributed by atoms with E-state index in [0.29, 0.717) is 5.69 Å². The summed E-state index contributed by atoms with van der Waals surface area (Å²) in [6.07, 6.45) is -2.71. The quantitative estimate of drug-likeness (QED) is 0.635. The Morgan fingerprint density at radius 2 is 2.25 bits per heavy atom. The van der Waals surface area contributed by atoms with E-state index in [-0.39, 0.29) is 22.2 Å². The molecule has 1 rings (SSSR count). The highest BCUT2D eigenvalue weighted by Crippen LogP contribution is 2.26. The van der Waals surface area contributed by atoms with Crippen molar-refractivity contribution in [1.82, 2.24) is 4.98 Å². The highest BCUT2D eigenvalue weighted by Gasteiger charge is 2.22. The maximum atomic E-state index is 12.7. The molecule has 0 aliphatic rings. The van der Waals surface area contributed by atoms with Crippen LogP contribution in [0.2, 0.25) is 0 Å². The number of esters is 1. The van der Waals surface area contributed by atoms with Crippen molar-refractivity contribution < 1.29 is 18.3 Å². The van der Waals surface area contributed by atoms with Gasteiger partial charge < -0.3 is 4.74 Å². The average Bonchev–Trinajstić information content (AvgIpc) is 2.26. The Hall–Kier alpha value is -1.04. The number of rotatable bonds is 3. The highest BCUT2D eigenvalue weighted by molar-refractivity contribution is 9.08. The molecule has 1 aromatic rings. The Kier molecular flexibility index (Phi) is 4.35. The molecule has 0 saturated carbocycles. The summed E-state index contributed by atoms with van der Waals surface area (Å²) in [5, 5.41) is 0.129. The minimum Gasteiger partial charge on any atom is -0.465 e. The Morgan fingerprint density at radius 3 is 2.69 bits per heavy atom. The van der Waals surface area contributed by atoms with Crippen molar-refractivity contribution in [2.24, 2.45) is 0 Å². The van der Waals surface area contributed by atoms with E-state index >= 15 is 0 Å². The van der Waals surface area contributed by atoms with Crippen LogP contribution in [0, 0.1) is 6.92 Å². The lowest BCUT2D eigenvalue weighted by atomic mass is 10.1. The molecule has 0 fully saturated rings. The summed E-state index contributed by atoms with van der Waals surface area (Å²) in [5.74, 6) is -0.637. The molecule has 0 radical (unpaired) electrons. The number of aromatic nitrogens is 1. The van der Waals surface area contributed by atoms with E-state index in [0.717, 1.165) is 0 Å². The Balaban J connectivity index is 3.41. The van der Waals surface area contributed by atoms with Crippen LogP contribution in [0.5, 0.6) is 0 Å². The minimum atomic E-state index is -2.71. The van der Waals surface area contributed by atoms with Crippen LogP contribution in [-0.4, -0.2) is 18.1 Å². The molecule has 0 spiro atoms. The number of carbonyl (C=O) groups is 1. The standard InChI is InChI=1S/C10H10BrF2NO2/c1-5-3-6(10(15)16-2)7(4-11)8(14-5)9(12)13/h3,9H,4H2,1-2H3. The fourth-order valence-corrected chi connectivity index (χ4v) is 1.93. The predicted octanol–water partition coefficient (Wildman–Crippen LogP) is 3.01. The zero-order valence-corrected chi connectivity index (χ0v) is 10.3. The molecule has 0 N–H and O–H groups in total. The third kappa shape index (κ3) is 2.55. The maximum Gasteiger partial charge on any atom is 0.338 e. The fraction of sp³-hybridized carbons (Fsp3) is 0.400. The first kappa shape index (κ1) is 13.0. The summed E-state index contributed by atoms with van der Waals surface area (Å²) in [4.78, 5) is 15.1. The molecule has 16 heavy (non-hydrogen) atoms. The lowest BCUT2D eigenvalue weighted by Crippen LogP contribution is -2.10. The SMILES string of the molecule is COC(=O)c1cc(C)nc(C(F)F)c1CBr. The normalized spacial score (nSPS) is 10.6. The van der Waals surface area contributed by atoms with Crippen LogP contribution in [0.4, 0.5) is 8.78 Å². The van der Waals surface area contributed by atoms with Crippen molar-refractivity contribution in [1.29, 1.82) is 0 Å². The topological polar surface area (TPSA) is 39.2 Å². The second kappa shape index (κ2) is 5.34. The molecule has 0 atom stereocenters. The first-order valence-corrected chi connectivity index (χ1v) is 5.56. The van der Waals surface area contributed by atoms with Crippen molar-refractivity contribution in [2.45, 2.75) is 18.7 Å². The number of carbonyl (C=O) groups excluding carboxylic acids is 1. The number of ether oxygens (including phenoxy) is 1. The molecule has 0 aliphatic carbocycles. The predicted molar refractivity (Wildman–Crippen MR) is 57.9 cm³/mol. The number of methoxy groups -OCH3 is 1. The van der Waals surface area contributed by atoms with Gasteiger partial charge in [-0.25, -0.2) is 13.6 Å². The molecule has 3 nitrogen and oxygen atoms in total. The molecule has 0 aliphatic heterocycles. The van der Waals surface area contributed by atoms with Gasteiger partial charge in [0.2, 0.25) is 0 Å². The number of aryl methyl sites for hydroxylation is 1. The smallest absolute Gasteiger partial charge is 0.338 e. The van der Waals surface area contributed by atoms with Gasteiger partial charge in [-0.1, -0.05) is 15.9 Å². The van der Waals surface area contributed by atoms with Gasteiger partial charge in [0.25, 0.3) is 6.43 Å². The van der Waals surface area contributed by atoms with Crippen LogP contribution < -0.4 is 0 Å². The lowest BCUT2D eigenvalue weighted by molar-refractivity contribution is 0.0598. The molecule has 0 bridgehead atoms. The van der Waals surface area contributed by atoms with Crippen LogP contribution in [0.15, 0.2) is 6.07 Å². The molecule has 0 unspecified atom stereocenters. The van der Waals surface area contributed by atoms with E-state index < -0.39 is 12.4 Å². The van der Waals surface area contributed by atoms with E-state index in [9.17, 15) is 13.6 Å². The summed E-state index contributed by atoms with van der Waals surface area (Å²) in [6.45, 7) is 1.55. The fourth-order valence-electron chi connectivity index (χ4n) is 1.34.